The molecule has 0 atom stereocenters. The van der Waals surface area contributed by atoms with Gasteiger partial charge in [-0.1, -0.05) is 0 Å². The average molecular weight is 365 g/mol. The van der Waals surface area contributed by atoms with Gasteiger partial charge in [-0.05, 0) is 31.4 Å². The van der Waals surface area contributed by atoms with Crippen LogP contribution in [0.25, 0.3) is 17.0 Å². The summed E-state index contributed by atoms with van der Waals surface area (Å²) in [5.41, 5.74) is 4.12. The van der Waals surface area contributed by atoms with Crippen molar-refractivity contribution in [1.82, 2.24) is 34.9 Å². The van der Waals surface area contributed by atoms with Crippen LogP contribution in [0.3, 0.4) is 0 Å². The largest absolute Gasteiger partial charge is 0.344 e. The van der Waals surface area contributed by atoms with Crippen LogP contribution in [0.15, 0.2) is 35.3 Å². The molecule has 9 heteroatoms. The number of amides is 1. The smallest absolute Gasteiger partial charge is 0.291 e. The van der Waals surface area contributed by atoms with Gasteiger partial charge < -0.3 is 5.32 Å². The third-order valence-electron chi connectivity index (χ3n) is 3.81. The van der Waals surface area contributed by atoms with Crippen LogP contribution < -0.4 is 5.32 Å². The summed E-state index contributed by atoms with van der Waals surface area (Å²) in [4.78, 5) is 29.7. The topological polar surface area (TPSA) is 98.0 Å². The van der Waals surface area contributed by atoms with Crippen molar-refractivity contribution >= 4 is 23.0 Å². The number of carbonyl (C=O) groups excluding carboxylic acids is 1. The molecular formula is C17H15N7OS. The highest BCUT2D eigenvalue weighted by Crippen LogP contribution is 2.22. The molecule has 0 aliphatic carbocycles. The zero-order valence-electron chi connectivity index (χ0n) is 14.2. The predicted octanol–water partition coefficient (Wildman–Crippen LogP) is 2.19. The van der Waals surface area contributed by atoms with Gasteiger partial charge in [-0.15, -0.1) is 5.10 Å². The zero-order valence-corrected chi connectivity index (χ0v) is 15.0. The van der Waals surface area contributed by atoms with Gasteiger partial charge in [-0.2, -0.15) is 16.3 Å². The van der Waals surface area contributed by atoms with Gasteiger partial charge in [-0.3, -0.25) is 14.8 Å². The van der Waals surface area contributed by atoms with Crippen molar-refractivity contribution < 1.29 is 4.79 Å². The van der Waals surface area contributed by atoms with Gasteiger partial charge in [0.2, 0.25) is 5.82 Å². The quantitative estimate of drug-likeness (QED) is 0.595. The minimum atomic E-state index is -0.380. The van der Waals surface area contributed by atoms with Crippen molar-refractivity contribution in [1.29, 1.82) is 0 Å². The van der Waals surface area contributed by atoms with Crippen LogP contribution in [0.2, 0.25) is 0 Å². The molecule has 0 aromatic carbocycles. The summed E-state index contributed by atoms with van der Waals surface area (Å²) in [6, 6.07) is 3.86. The predicted molar refractivity (Wildman–Crippen MR) is 96.8 cm³/mol. The maximum absolute atomic E-state index is 12.5. The van der Waals surface area contributed by atoms with E-state index in [0.29, 0.717) is 11.5 Å². The van der Waals surface area contributed by atoms with Crippen molar-refractivity contribution in [3.63, 3.8) is 0 Å². The number of aromatic nitrogens is 6. The standard InChI is InChI=1S/C17H15N7OS/c1-10-7-11(2)24-17(21-10)22-15(23-24)16(25)20-8-13-14(19-5-4-18-13)12-3-6-26-9-12/h3-7,9H,8H2,1-2H3,(H,20,25). The fraction of sp³-hybridized carbons (Fsp3) is 0.176. The molecule has 0 aliphatic heterocycles. The van der Waals surface area contributed by atoms with Crippen molar-refractivity contribution in [2.45, 2.75) is 20.4 Å². The number of nitrogens with one attached hydrogen (secondary N) is 1. The maximum atomic E-state index is 12.5. The van der Waals surface area contributed by atoms with E-state index in [1.165, 1.54) is 0 Å². The third kappa shape index (κ3) is 3.04. The highest BCUT2D eigenvalue weighted by molar-refractivity contribution is 7.08. The van der Waals surface area contributed by atoms with Crippen LogP contribution >= 0.6 is 11.3 Å². The molecular weight excluding hydrogens is 350 g/mol. The molecule has 0 fully saturated rings. The first-order chi connectivity index (χ1) is 12.6. The highest BCUT2D eigenvalue weighted by atomic mass is 32.1. The SMILES string of the molecule is Cc1cc(C)n2nc(C(=O)NCc3nccnc3-c3ccsc3)nc2n1. The van der Waals surface area contributed by atoms with Crippen LogP contribution in [0.5, 0.6) is 0 Å². The molecule has 1 amide bonds. The molecule has 8 nitrogen and oxygen atoms in total. The molecule has 0 unspecified atom stereocenters. The fourth-order valence-electron chi connectivity index (χ4n) is 2.64. The molecule has 4 heterocycles. The van der Waals surface area contributed by atoms with Crippen LogP contribution in [0.4, 0.5) is 0 Å². The van der Waals surface area contributed by atoms with E-state index >= 15 is 0 Å². The number of rotatable bonds is 4. The van der Waals surface area contributed by atoms with Crippen molar-refractivity contribution in [3.05, 3.63) is 58.2 Å². The van der Waals surface area contributed by atoms with Gasteiger partial charge in [0.05, 0.1) is 17.9 Å². The summed E-state index contributed by atoms with van der Waals surface area (Å²) < 4.78 is 1.56. The zero-order chi connectivity index (χ0) is 18.1. The van der Waals surface area contributed by atoms with Crippen LogP contribution in [-0.2, 0) is 6.54 Å². The summed E-state index contributed by atoms with van der Waals surface area (Å²) in [5.74, 6) is 0.104. The molecule has 0 saturated carbocycles. The molecule has 4 aromatic rings. The van der Waals surface area contributed by atoms with Crippen molar-refractivity contribution in [2.75, 3.05) is 0 Å². The van der Waals surface area contributed by atoms with Gasteiger partial charge in [0.1, 0.15) is 0 Å². The molecule has 0 saturated heterocycles. The van der Waals surface area contributed by atoms with Gasteiger partial charge >= 0.3 is 0 Å². The molecule has 130 valence electrons. The summed E-state index contributed by atoms with van der Waals surface area (Å²) in [6.45, 7) is 4.01. The molecule has 4 aromatic heterocycles. The number of hydrogen-bond donors (Lipinski definition) is 1. The molecule has 4 rings (SSSR count). The minimum Gasteiger partial charge on any atom is -0.344 e. The van der Waals surface area contributed by atoms with Gasteiger partial charge in [0.15, 0.2) is 0 Å². The minimum absolute atomic E-state index is 0.0761. The Labute approximate surface area is 153 Å². The molecule has 0 spiro atoms. The first kappa shape index (κ1) is 16.3. The Morgan fingerprint density at radius 1 is 1.23 bits per heavy atom. The average Bonchev–Trinajstić information content (AvgIpc) is 3.29. The molecule has 0 radical (unpaired) electrons. The first-order valence-corrected chi connectivity index (χ1v) is 8.88. The van der Waals surface area contributed by atoms with E-state index in [9.17, 15) is 4.79 Å². The Morgan fingerprint density at radius 3 is 2.88 bits per heavy atom. The lowest BCUT2D eigenvalue weighted by Crippen LogP contribution is -2.25. The van der Waals surface area contributed by atoms with Crippen LogP contribution in [0, 0.1) is 13.8 Å². The van der Waals surface area contributed by atoms with Crippen molar-refractivity contribution in [3.8, 4) is 11.3 Å². The number of thiophene rings is 1. The van der Waals surface area contributed by atoms with Crippen LogP contribution in [-0.4, -0.2) is 35.5 Å². The van der Waals surface area contributed by atoms with E-state index in [4.69, 9.17) is 0 Å². The summed E-state index contributed by atoms with van der Waals surface area (Å²) in [6.07, 6.45) is 3.25. The van der Waals surface area contributed by atoms with E-state index in [1.54, 1.807) is 28.2 Å². The second kappa shape index (κ2) is 6.60. The van der Waals surface area contributed by atoms with Gasteiger partial charge in [0.25, 0.3) is 11.7 Å². The normalized spacial score (nSPS) is 11.0. The third-order valence-corrected chi connectivity index (χ3v) is 4.49. The van der Waals surface area contributed by atoms with E-state index < -0.39 is 0 Å². The second-order valence-electron chi connectivity index (χ2n) is 5.73. The van der Waals surface area contributed by atoms with E-state index in [-0.39, 0.29) is 18.3 Å². The Kier molecular flexibility index (Phi) is 4.13. The lowest BCUT2D eigenvalue weighted by Gasteiger charge is -2.06. The van der Waals surface area contributed by atoms with E-state index in [0.717, 1.165) is 22.6 Å². The van der Waals surface area contributed by atoms with E-state index in [2.05, 4.69) is 30.4 Å². The lowest BCUT2D eigenvalue weighted by molar-refractivity contribution is 0.0940. The maximum Gasteiger partial charge on any atom is 0.291 e. The number of nitrogens with zero attached hydrogens (tertiary/aromatic N) is 6. The monoisotopic (exact) mass is 365 g/mol. The number of fused-ring (bicyclic) bond motifs is 1. The van der Waals surface area contributed by atoms with Crippen LogP contribution in [0.1, 0.15) is 27.7 Å². The summed E-state index contributed by atoms with van der Waals surface area (Å²) in [5, 5.41) is 11.0. The summed E-state index contributed by atoms with van der Waals surface area (Å²) in [7, 11) is 0. The van der Waals surface area contributed by atoms with Gasteiger partial charge in [0, 0.05) is 34.7 Å². The molecule has 0 aliphatic rings. The summed E-state index contributed by atoms with van der Waals surface area (Å²) >= 11 is 1.58. The molecule has 1 N–H and O–H groups in total. The second-order valence-corrected chi connectivity index (χ2v) is 6.51. The number of carbonyl (C=O) groups is 1. The fourth-order valence-corrected chi connectivity index (χ4v) is 3.28. The molecule has 26 heavy (non-hydrogen) atoms. The Morgan fingerprint density at radius 2 is 2.08 bits per heavy atom. The van der Waals surface area contributed by atoms with E-state index in [1.807, 2.05) is 36.7 Å². The molecule has 0 bridgehead atoms. The van der Waals surface area contributed by atoms with Crippen molar-refractivity contribution in [2.24, 2.45) is 0 Å². The Hall–Kier alpha value is -3.20. The first-order valence-electron chi connectivity index (χ1n) is 7.93. The Bertz CT molecular complexity index is 1090. The lowest BCUT2D eigenvalue weighted by atomic mass is 10.2. The van der Waals surface area contributed by atoms with Gasteiger partial charge in [-0.25, -0.2) is 9.50 Å². The number of hydrogen-bond acceptors (Lipinski definition) is 7. The Balaban J connectivity index is 1.56. The number of aryl methyl sites for hydroxylation is 2. The highest BCUT2D eigenvalue weighted by Gasteiger charge is 2.16.